The minimum Gasteiger partial charge on any atom is -0.480 e. The van der Waals surface area contributed by atoms with Crippen LogP contribution in [-0.4, -0.2) is 54.1 Å². The number of nitrogens with zero attached hydrogens (tertiary/aromatic N) is 1. The number of hydrogen-bond acceptors (Lipinski definition) is 4. The Hall–Kier alpha value is -1.63. The van der Waals surface area contributed by atoms with Crippen molar-refractivity contribution in [3.8, 4) is 0 Å². The Morgan fingerprint density at radius 1 is 1.41 bits per heavy atom. The van der Waals surface area contributed by atoms with E-state index in [1.54, 1.807) is 12.1 Å². The van der Waals surface area contributed by atoms with Crippen molar-refractivity contribution in [3.05, 3.63) is 28.8 Å². The van der Waals surface area contributed by atoms with Crippen molar-refractivity contribution in [1.82, 2.24) is 10.2 Å². The molecule has 2 rings (SSSR count). The molecule has 1 saturated heterocycles. The van der Waals surface area contributed by atoms with E-state index >= 15 is 0 Å². The van der Waals surface area contributed by atoms with E-state index in [-0.39, 0.29) is 12.3 Å². The van der Waals surface area contributed by atoms with Gasteiger partial charge in [-0.2, -0.15) is 0 Å². The number of nitrogens with one attached hydrogen (secondary N) is 2. The lowest BCUT2D eigenvalue weighted by Gasteiger charge is -2.32. The smallest absolute Gasteiger partial charge is 0.321 e. The van der Waals surface area contributed by atoms with Crippen LogP contribution in [0.15, 0.2) is 18.2 Å². The number of piperazine rings is 1. The van der Waals surface area contributed by atoms with Gasteiger partial charge in [-0.1, -0.05) is 17.7 Å². The summed E-state index contributed by atoms with van der Waals surface area (Å²) in [6, 6.07) is 4.41. The predicted molar refractivity (Wildman–Crippen MR) is 85.3 cm³/mol. The number of hydrogen-bond donors (Lipinski definition) is 3. The standard InChI is InChI=1S/C15H20ClN3O3/c1-10-2-3-11(16)8-12(10)18-14(20)9-13(15(21)22)19-6-4-17-5-7-19/h2-3,8,13,17H,4-7,9H2,1H3,(H,18,20)(H,21,22)/t13-/m0/s1. The van der Waals surface area contributed by atoms with Gasteiger partial charge in [-0.15, -0.1) is 0 Å². The fourth-order valence-electron chi connectivity index (χ4n) is 2.47. The molecule has 22 heavy (non-hydrogen) atoms. The Labute approximate surface area is 134 Å². The first-order valence-corrected chi connectivity index (χ1v) is 7.59. The van der Waals surface area contributed by atoms with Crippen LogP contribution in [-0.2, 0) is 9.59 Å². The normalized spacial score (nSPS) is 17.0. The molecule has 0 spiro atoms. The molecule has 1 amide bonds. The van der Waals surface area contributed by atoms with Gasteiger partial charge in [0.25, 0.3) is 0 Å². The summed E-state index contributed by atoms with van der Waals surface area (Å²) in [5.74, 6) is -1.30. The zero-order chi connectivity index (χ0) is 16.1. The van der Waals surface area contributed by atoms with Gasteiger partial charge in [0.2, 0.25) is 5.91 Å². The molecule has 0 aromatic heterocycles. The lowest BCUT2D eigenvalue weighted by atomic mass is 10.1. The number of halogens is 1. The van der Waals surface area contributed by atoms with Crippen molar-refractivity contribution in [2.24, 2.45) is 0 Å². The molecule has 1 heterocycles. The zero-order valence-electron chi connectivity index (χ0n) is 12.4. The lowest BCUT2D eigenvalue weighted by molar-refractivity contribution is -0.145. The minimum absolute atomic E-state index is 0.0821. The molecule has 1 atom stereocenters. The second-order valence-corrected chi connectivity index (χ2v) is 5.79. The molecule has 1 aromatic rings. The van der Waals surface area contributed by atoms with Crippen molar-refractivity contribution in [2.75, 3.05) is 31.5 Å². The quantitative estimate of drug-likeness (QED) is 0.761. The Balaban J connectivity index is 2.01. The third kappa shape index (κ3) is 4.43. The number of carboxylic acid groups (broad SMARTS) is 1. The summed E-state index contributed by atoms with van der Waals surface area (Å²) in [6.07, 6.45) is -0.0821. The predicted octanol–water partition coefficient (Wildman–Crippen LogP) is 1.34. The van der Waals surface area contributed by atoms with Crippen LogP contribution in [0.3, 0.4) is 0 Å². The fraction of sp³-hybridized carbons (Fsp3) is 0.467. The molecule has 0 aliphatic carbocycles. The molecule has 7 heteroatoms. The van der Waals surface area contributed by atoms with Crippen molar-refractivity contribution >= 4 is 29.2 Å². The Morgan fingerprint density at radius 2 is 2.09 bits per heavy atom. The molecular formula is C15H20ClN3O3. The van der Waals surface area contributed by atoms with E-state index < -0.39 is 12.0 Å². The van der Waals surface area contributed by atoms with E-state index in [1.807, 2.05) is 17.9 Å². The van der Waals surface area contributed by atoms with Gasteiger partial charge in [0.15, 0.2) is 0 Å². The maximum Gasteiger partial charge on any atom is 0.321 e. The maximum absolute atomic E-state index is 12.2. The van der Waals surface area contributed by atoms with Crippen molar-refractivity contribution in [3.63, 3.8) is 0 Å². The van der Waals surface area contributed by atoms with E-state index in [1.165, 1.54) is 0 Å². The summed E-state index contributed by atoms with van der Waals surface area (Å²) < 4.78 is 0. The number of aryl methyl sites for hydroxylation is 1. The summed E-state index contributed by atoms with van der Waals surface area (Å²) in [5, 5.41) is 15.8. The van der Waals surface area contributed by atoms with Crippen LogP contribution < -0.4 is 10.6 Å². The molecule has 1 aromatic carbocycles. The third-order valence-electron chi connectivity index (χ3n) is 3.73. The topological polar surface area (TPSA) is 81.7 Å². The molecule has 0 unspecified atom stereocenters. The molecule has 1 aliphatic heterocycles. The second-order valence-electron chi connectivity index (χ2n) is 5.35. The molecule has 0 bridgehead atoms. The van der Waals surface area contributed by atoms with Crippen molar-refractivity contribution in [2.45, 2.75) is 19.4 Å². The van der Waals surface area contributed by atoms with Crippen LogP contribution in [0.1, 0.15) is 12.0 Å². The van der Waals surface area contributed by atoms with Gasteiger partial charge < -0.3 is 15.7 Å². The second kappa shape index (κ2) is 7.58. The van der Waals surface area contributed by atoms with Crippen LogP contribution in [0.5, 0.6) is 0 Å². The van der Waals surface area contributed by atoms with E-state index in [0.717, 1.165) is 18.7 Å². The number of anilines is 1. The molecule has 3 N–H and O–H groups in total. The number of carboxylic acids is 1. The summed E-state index contributed by atoms with van der Waals surface area (Å²) in [5.41, 5.74) is 1.49. The summed E-state index contributed by atoms with van der Waals surface area (Å²) in [7, 11) is 0. The molecule has 1 aliphatic rings. The Kier molecular flexibility index (Phi) is 5.76. The SMILES string of the molecule is Cc1ccc(Cl)cc1NC(=O)C[C@@H](C(=O)O)N1CCNCC1. The number of rotatable bonds is 5. The average Bonchev–Trinajstić information content (AvgIpc) is 2.49. The molecule has 1 fully saturated rings. The van der Waals surface area contributed by atoms with Gasteiger partial charge in [-0.3, -0.25) is 14.5 Å². The minimum atomic E-state index is -0.972. The first-order valence-electron chi connectivity index (χ1n) is 7.21. The number of carbonyl (C=O) groups is 2. The van der Waals surface area contributed by atoms with Crippen LogP contribution in [0, 0.1) is 6.92 Å². The summed E-state index contributed by atoms with van der Waals surface area (Å²) >= 11 is 5.92. The molecule has 0 radical (unpaired) electrons. The van der Waals surface area contributed by atoms with Crippen LogP contribution in [0.4, 0.5) is 5.69 Å². The van der Waals surface area contributed by atoms with E-state index in [0.29, 0.717) is 23.8 Å². The van der Waals surface area contributed by atoms with Gasteiger partial charge in [0.05, 0.1) is 6.42 Å². The van der Waals surface area contributed by atoms with Gasteiger partial charge in [-0.05, 0) is 24.6 Å². The van der Waals surface area contributed by atoms with Gasteiger partial charge in [0.1, 0.15) is 6.04 Å². The molecule has 120 valence electrons. The van der Waals surface area contributed by atoms with Gasteiger partial charge >= 0.3 is 5.97 Å². The first kappa shape index (κ1) is 16.7. The van der Waals surface area contributed by atoms with Crippen molar-refractivity contribution < 1.29 is 14.7 Å². The third-order valence-corrected chi connectivity index (χ3v) is 3.96. The Morgan fingerprint density at radius 3 is 2.73 bits per heavy atom. The highest BCUT2D eigenvalue weighted by molar-refractivity contribution is 6.31. The van der Waals surface area contributed by atoms with Gasteiger partial charge in [-0.25, -0.2) is 0 Å². The highest BCUT2D eigenvalue weighted by Gasteiger charge is 2.29. The maximum atomic E-state index is 12.2. The van der Waals surface area contributed by atoms with E-state index in [4.69, 9.17) is 11.6 Å². The molecule has 6 nitrogen and oxygen atoms in total. The van der Waals surface area contributed by atoms with Crippen molar-refractivity contribution in [1.29, 1.82) is 0 Å². The largest absolute Gasteiger partial charge is 0.480 e. The van der Waals surface area contributed by atoms with E-state index in [9.17, 15) is 14.7 Å². The highest BCUT2D eigenvalue weighted by atomic mass is 35.5. The van der Waals surface area contributed by atoms with Gasteiger partial charge in [0, 0.05) is 36.9 Å². The van der Waals surface area contributed by atoms with E-state index in [2.05, 4.69) is 10.6 Å². The molecule has 0 saturated carbocycles. The first-order chi connectivity index (χ1) is 10.5. The number of aliphatic carboxylic acids is 1. The number of carbonyl (C=O) groups excluding carboxylic acids is 1. The van der Waals surface area contributed by atoms with Crippen LogP contribution in [0.25, 0.3) is 0 Å². The summed E-state index contributed by atoms with van der Waals surface area (Å²) in [6.45, 7) is 4.58. The Bertz CT molecular complexity index is 559. The zero-order valence-corrected chi connectivity index (χ0v) is 13.2. The monoisotopic (exact) mass is 325 g/mol. The van der Waals surface area contributed by atoms with Crippen LogP contribution >= 0.6 is 11.6 Å². The fourth-order valence-corrected chi connectivity index (χ4v) is 2.64. The average molecular weight is 326 g/mol. The summed E-state index contributed by atoms with van der Waals surface area (Å²) in [4.78, 5) is 25.4. The number of benzene rings is 1. The van der Waals surface area contributed by atoms with Crippen LogP contribution in [0.2, 0.25) is 5.02 Å². The highest BCUT2D eigenvalue weighted by Crippen LogP contribution is 2.20. The lowest BCUT2D eigenvalue weighted by Crippen LogP contribution is -2.52. The number of amides is 1. The molecular weight excluding hydrogens is 306 g/mol.